The molecule has 14 heteroatoms. The van der Waals surface area contributed by atoms with E-state index in [0.717, 1.165) is 12.1 Å². The van der Waals surface area contributed by atoms with Gasteiger partial charge in [-0.05, 0) is 63.1 Å². The van der Waals surface area contributed by atoms with Crippen LogP contribution < -0.4 is 15.2 Å². The molecule has 42 heavy (non-hydrogen) atoms. The van der Waals surface area contributed by atoms with E-state index < -0.39 is 38.2 Å². The Morgan fingerprint density at radius 2 is 1.88 bits per heavy atom. The number of ether oxygens (including phenoxy) is 2. The van der Waals surface area contributed by atoms with E-state index in [4.69, 9.17) is 15.2 Å². The van der Waals surface area contributed by atoms with Gasteiger partial charge in [-0.15, -0.1) is 0 Å². The summed E-state index contributed by atoms with van der Waals surface area (Å²) in [6.07, 6.45) is 1.75. The SMILES string of the molecule is COc1ncc(-c2ccc3nc(N)n(C4CCN(C(=O)OC(C)(C)C)C4)c3c2)cc1NS(=O)(=O)c1ccc(F)cc1F. The highest BCUT2D eigenvalue weighted by molar-refractivity contribution is 7.92. The number of fused-ring (bicyclic) bond motifs is 1. The van der Waals surface area contributed by atoms with Crippen LogP contribution in [0.3, 0.4) is 0 Å². The molecule has 0 aliphatic carbocycles. The molecule has 0 spiro atoms. The van der Waals surface area contributed by atoms with Crippen LogP contribution in [-0.4, -0.2) is 59.7 Å². The topological polar surface area (TPSA) is 142 Å². The van der Waals surface area contributed by atoms with E-state index in [9.17, 15) is 22.0 Å². The van der Waals surface area contributed by atoms with Gasteiger partial charge in [0.05, 0.1) is 24.2 Å². The zero-order valence-electron chi connectivity index (χ0n) is 23.4. The number of sulfonamides is 1. The van der Waals surface area contributed by atoms with Crippen molar-refractivity contribution >= 4 is 38.8 Å². The van der Waals surface area contributed by atoms with E-state index >= 15 is 0 Å². The minimum Gasteiger partial charge on any atom is -0.480 e. The summed E-state index contributed by atoms with van der Waals surface area (Å²) in [5, 5.41) is 0. The van der Waals surface area contributed by atoms with Crippen LogP contribution in [-0.2, 0) is 14.8 Å². The largest absolute Gasteiger partial charge is 0.480 e. The molecule has 1 atom stereocenters. The van der Waals surface area contributed by atoms with Crippen molar-refractivity contribution < 1.29 is 31.5 Å². The van der Waals surface area contributed by atoms with E-state index in [0.29, 0.717) is 53.7 Å². The molecule has 5 rings (SSSR count). The lowest BCUT2D eigenvalue weighted by atomic mass is 10.1. The third-order valence-corrected chi connectivity index (χ3v) is 8.10. The Morgan fingerprint density at radius 3 is 2.57 bits per heavy atom. The van der Waals surface area contributed by atoms with Gasteiger partial charge in [0.15, 0.2) is 0 Å². The molecule has 1 saturated heterocycles. The van der Waals surface area contributed by atoms with Gasteiger partial charge >= 0.3 is 6.09 Å². The Hall–Kier alpha value is -4.46. The fourth-order valence-electron chi connectivity index (χ4n) is 4.86. The van der Waals surface area contributed by atoms with Crippen molar-refractivity contribution in [3.05, 3.63) is 60.3 Å². The number of likely N-dealkylation sites (tertiary alicyclic amines) is 1. The van der Waals surface area contributed by atoms with E-state index in [1.807, 2.05) is 31.4 Å². The summed E-state index contributed by atoms with van der Waals surface area (Å²) in [6.45, 7) is 6.33. The van der Waals surface area contributed by atoms with Crippen molar-refractivity contribution in [3.8, 4) is 17.0 Å². The molecule has 11 nitrogen and oxygen atoms in total. The van der Waals surface area contributed by atoms with Gasteiger partial charge in [0.1, 0.15) is 27.8 Å². The first kappa shape index (κ1) is 29.0. The van der Waals surface area contributed by atoms with Gasteiger partial charge in [-0.2, -0.15) is 0 Å². The molecule has 222 valence electrons. The molecule has 1 aliphatic rings. The van der Waals surface area contributed by atoms with Crippen LogP contribution in [0.1, 0.15) is 33.2 Å². The number of nitrogens with one attached hydrogen (secondary N) is 1. The maximum atomic E-state index is 14.3. The van der Waals surface area contributed by atoms with Gasteiger partial charge in [-0.1, -0.05) is 6.07 Å². The van der Waals surface area contributed by atoms with E-state index in [2.05, 4.69) is 14.7 Å². The van der Waals surface area contributed by atoms with Crippen molar-refractivity contribution in [2.45, 2.75) is 43.7 Å². The van der Waals surface area contributed by atoms with Gasteiger partial charge in [0, 0.05) is 30.9 Å². The number of imidazole rings is 1. The summed E-state index contributed by atoms with van der Waals surface area (Å²) >= 11 is 0. The second-order valence-electron chi connectivity index (χ2n) is 10.9. The minimum absolute atomic E-state index is 0.0457. The standard InChI is InChI=1S/C28H30F2N6O5S/c1-28(2,3)41-27(37)35-10-9-19(15-35)36-23-12-16(5-7-21(23)33-26(36)31)17-11-22(25(40-4)32-14-17)34-42(38,39)24-8-6-18(29)13-20(24)30/h5-8,11-14,19,34H,9-10,15H2,1-4H3,(H2,31,33). The molecule has 1 fully saturated rings. The first-order valence-electron chi connectivity index (χ1n) is 13.0. The lowest BCUT2D eigenvalue weighted by Crippen LogP contribution is -2.35. The molecule has 0 radical (unpaired) electrons. The first-order chi connectivity index (χ1) is 19.8. The molecule has 3 heterocycles. The number of carbonyl (C=O) groups is 1. The highest BCUT2D eigenvalue weighted by Crippen LogP contribution is 2.35. The number of aromatic nitrogens is 3. The first-order valence-corrected chi connectivity index (χ1v) is 14.5. The van der Waals surface area contributed by atoms with Crippen LogP contribution in [0.4, 0.5) is 25.2 Å². The summed E-state index contributed by atoms with van der Waals surface area (Å²) in [5.74, 6) is -1.90. The highest BCUT2D eigenvalue weighted by Gasteiger charge is 2.32. The monoisotopic (exact) mass is 600 g/mol. The molecule has 2 aromatic heterocycles. The Balaban J connectivity index is 1.47. The van der Waals surface area contributed by atoms with Gasteiger partial charge in [0.2, 0.25) is 11.8 Å². The maximum absolute atomic E-state index is 14.3. The third-order valence-electron chi connectivity index (χ3n) is 6.70. The van der Waals surface area contributed by atoms with Gasteiger partial charge in [-0.3, -0.25) is 4.72 Å². The molecule has 1 aliphatic heterocycles. The van der Waals surface area contributed by atoms with Gasteiger partial charge in [-0.25, -0.2) is 32.0 Å². The molecule has 0 bridgehead atoms. The predicted octanol–water partition coefficient (Wildman–Crippen LogP) is 4.95. The second-order valence-corrected chi connectivity index (χ2v) is 12.5. The van der Waals surface area contributed by atoms with Gasteiger partial charge < -0.3 is 24.7 Å². The number of amides is 1. The van der Waals surface area contributed by atoms with Gasteiger partial charge in [0.25, 0.3) is 10.0 Å². The predicted molar refractivity (Wildman–Crippen MR) is 153 cm³/mol. The molecular weight excluding hydrogens is 570 g/mol. The Kier molecular flexibility index (Phi) is 7.43. The number of nitrogens with zero attached hydrogens (tertiary/aromatic N) is 4. The number of nitrogen functional groups attached to an aromatic ring is 1. The number of halogens is 2. The zero-order chi connectivity index (χ0) is 30.4. The van der Waals surface area contributed by atoms with Crippen LogP contribution in [0.5, 0.6) is 5.88 Å². The fourth-order valence-corrected chi connectivity index (χ4v) is 5.97. The molecular formula is C28H30F2N6O5S. The number of hydrogen-bond acceptors (Lipinski definition) is 8. The Labute approximate surface area is 241 Å². The van der Waals surface area contributed by atoms with E-state index in [1.54, 1.807) is 17.0 Å². The highest BCUT2D eigenvalue weighted by atomic mass is 32.2. The van der Waals surface area contributed by atoms with Crippen molar-refractivity contribution in [3.63, 3.8) is 0 Å². The van der Waals surface area contributed by atoms with Crippen molar-refractivity contribution in [2.24, 2.45) is 0 Å². The molecule has 3 N–H and O–H groups in total. The lowest BCUT2D eigenvalue weighted by Gasteiger charge is -2.24. The second kappa shape index (κ2) is 10.7. The van der Waals surface area contributed by atoms with Crippen molar-refractivity contribution in [1.82, 2.24) is 19.4 Å². The number of hydrogen-bond donors (Lipinski definition) is 2. The van der Waals surface area contributed by atoms with Crippen LogP contribution in [0.25, 0.3) is 22.2 Å². The number of anilines is 2. The number of rotatable bonds is 6. The quantitative estimate of drug-likeness (QED) is 0.317. The van der Waals surface area contributed by atoms with Crippen molar-refractivity contribution in [1.29, 1.82) is 0 Å². The maximum Gasteiger partial charge on any atom is 0.410 e. The van der Waals surface area contributed by atoms with Crippen LogP contribution >= 0.6 is 0 Å². The summed E-state index contributed by atoms with van der Waals surface area (Å²) in [5.41, 5.74) is 8.18. The van der Waals surface area contributed by atoms with Crippen LogP contribution in [0, 0.1) is 11.6 Å². The number of benzene rings is 2. The summed E-state index contributed by atoms with van der Waals surface area (Å²) in [7, 11) is -3.14. The number of nitrogens with two attached hydrogens (primary N) is 1. The molecule has 4 aromatic rings. The number of methoxy groups -OCH3 is 1. The summed E-state index contributed by atoms with van der Waals surface area (Å²) in [4.78, 5) is 22.2. The third kappa shape index (κ3) is 5.79. The average molecular weight is 601 g/mol. The normalized spacial score (nSPS) is 15.7. The number of carbonyl (C=O) groups excluding carboxylic acids is 1. The summed E-state index contributed by atoms with van der Waals surface area (Å²) in [6, 6.07) is 8.93. The Morgan fingerprint density at radius 1 is 1.12 bits per heavy atom. The molecule has 2 aromatic carbocycles. The Bertz CT molecular complexity index is 1790. The van der Waals surface area contributed by atoms with E-state index in [1.165, 1.54) is 19.4 Å². The average Bonchev–Trinajstić information content (AvgIpc) is 3.50. The number of pyridine rings is 1. The molecule has 1 unspecified atom stereocenters. The smallest absolute Gasteiger partial charge is 0.410 e. The van der Waals surface area contributed by atoms with Crippen molar-refractivity contribution in [2.75, 3.05) is 30.7 Å². The molecule has 1 amide bonds. The minimum atomic E-state index is -4.45. The lowest BCUT2D eigenvalue weighted by molar-refractivity contribution is 0.0289. The fraction of sp³-hybridized carbons (Fsp3) is 0.321. The zero-order valence-corrected chi connectivity index (χ0v) is 24.2. The van der Waals surface area contributed by atoms with E-state index in [-0.39, 0.29) is 17.6 Å². The van der Waals surface area contributed by atoms with Crippen LogP contribution in [0.15, 0.2) is 53.6 Å². The molecule has 0 saturated carbocycles. The van der Waals surface area contributed by atoms with Crippen LogP contribution in [0.2, 0.25) is 0 Å². The summed E-state index contributed by atoms with van der Waals surface area (Å²) < 4.78 is 68.4.